The van der Waals surface area contributed by atoms with Gasteiger partial charge < -0.3 is 9.47 Å². The highest BCUT2D eigenvalue weighted by molar-refractivity contribution is 8.19. The average molecular weight is 333 g/mol. The van der Waals surface area contributed by atoms with Crippen LogP contribution in [0.3, 0.4) is 0 Å². The van der Waals surface area contributed by atoms with Gasteiger partial charge in [-0.3, -0.25) is 4.79 Å². The number of thioether (sulfide) groups is 2. The van der Waals surface area contributed by atoms with Gasteiger partial charge >= 0.3 is 0 Å². The maximum Gasteiger partial charge on any atom is 0.254 e. The van der Waals surface area contributed by atoms with Crippen molar-refractivity contribution in [1.29, 1.82) is 0 Å². The monoisotopic (exact) mass is 333 g/mol. The molecule has 0 N–H and O–H groups in total. The van der Waals surface area contributed by atoms with Gasteiger partial charge in [0.25, 0.3) is 5.91 Å². The Morgan fingerprint density at radius 2 is 2.00 bits per heavy atom. The number of imidazole rings is 1. The number of rotatable bonds is 4. The Kier molecular flexibility index (Phi) is 4.78. The molecule has 0 unspecified atom stereocenters. The largest absolute Gasteiger partial charge is 0.337 e. The van der Waals surface area contributed by atoms with Gasteiger partial charge in [-0.1, -0.05) is 12.1 Å². The number of carbonyl (C=O) groups excluding carboxylic acids is 1. The highest BCUT2D eigenvalue weighted by Gasteiger charge is 2.19. The van der Waals surface area contributed by atoms with Gasteiger partial charge in [0.2, 0.25) is 0 Å². The van der Waals surface area contributed by atoms with Crippen LogP contribution in [0.4, 0.5) is 0 Å². The molecule has 2 heterocycles. The summed E-state index contributed by atoms with van der Waals surface area (Å²) in [6, 6.07) is 8.04. The molecular formula is C16H19N3OS2. The van der Waals surface area contributed by atoms with E-state index in [1.165, 1.54) is 17.1 Å². The first kappa shape index (κ1) is 15.5. The molecule has 0 bridgehead atoms. The third-order valence-corrected chi connectivity index (χ3v) is 6.80. The summed E-state index contributed by atoms with van der Waals surface area (Å²) in [7, 11) is 3.75. The zero-order chi connectivity index (χ0) is 15.5. The van der Waals surface area contributed by atoms with Crippen LogP contribution in [0.2, 0.25) is 0 Å². The Morgan fingerprint density at radius 3 is 2.59 bits per heavy atom. The minimum atomic E-state index is 0.0290. The average Bonchev–Trinajstić information content (AvgIpc) is 3.19. The van der Waals surface area contributed by atoms with Gasteiger partial charge in [-0.15, -0.1) is 23.5 Å². The summed E-state index contributed by atoms with van der Waals surface area (Å²) >= 11 is 3.95. The van der Waals surface area contributed by atoms with Crippen LogP contribution in [-0.4, -0.2) is 38.9 Å². The number of benzene rings is 1. The van der Waals surface area contributed by atoms with E-state index in [0.29, 0.717) is 11.1 Å². The number of nitrogens with zero attached hydrogens (tertiary/aromatic N) is 3. The van der Waals surface area contributed by atoms with Gasteiger partial charge in [0.15, 0.2) is 0 Å². The van der Waals surface area contributed by atoms with Crippen LogP contribution in [0.15, 0.2) is 36.7 Å². The molecule has 0 radical (unpaired) electrons. The zero-order valence-corrected chi connectivity index (χ0v) is 14.4. The van der Waals surface area contributed by atoms with Gasteiger partial charge in [-0.25, -0.2) is 4.98 Å². The van der Waals surface area contributed by atoms with Crippen LogP contribution in [0, 0.1) is 0 Å². The van der Waals surface area contributed by atoms with E-state index in [-0.39, 0.29) is 5.91 Å². The molecule has 1 fully saturated rings. The molecule has 22 heavy (non-hydrogen) atoms. The topological polar surface area (TPSA) is 38.1 Å². The molecule has 0 atom stereocenters. The Morgan fingerprint density at radius 1 is 1.32 bits per heavy atom. The second-order valence-corrected chi connectivity index (χ2v) is 8.04. The Bertz CT molecular complexity index is 648. The molecule has 4 nitrogen and oxygen atoms in total. The first-order valence-electron chi connectivity index (χ1n) is 7.20. The van der Waals surface area contributed by atoms with Crippen molar-refractivity contribution in [3.63, 3.8) is 0 Å². The van der Waals surface area contributed by atoms with Crippen LogP contribution < -0.4 is 0 Å². The summed E-state index contributed by atoms with van der Waals surface area (Å²) in [5.74, 6) is 3.33. The molecule has 1 aromatic carbocycles. The second kappa shape index (κ2) is 6.79. The Balaban J connectivity index is 1.67. The van der Waals surface area contributed by atoms with Gasteiger partial charge in [0.05, 0.1) is 11.1 Å². The normalized spacial score (nSPS) is 15.2. The van der Waals surface area contributed by atoms with Crippen molar-refractivity contribution in [1.82, 2.24) is 14.5 Å². The summed E-state index contributed by atoms with van der Waals surface area (Å²) in [6.07, 6.45) is 3.64. The van der Waals surface area contributed by atoms with Crippen LogP contribution >= 0.6 is 23.5 Å². The van der Waals surface area contributed by atoms with Crippen LogP contribution in [0.1, 0.15) is 26.3 Å². The number of aryl methyl sites for hydroxylation is 1. The van der Waals surface area contributed by atoms with Gasteiger partial charge in [0, 0.05) is 43.6 Å². The Hall–Kier alpha value is -1.40. The van der Waals surface area contributed by atoms with E-state index >= 15 is 0 Å². The number of hydrogen-bond donors (Lipinski definition) is 0. The third-order valence-electron chi connectivity index (χ3n) is 3.70. The number of aromatic nitrogens is 2. The lowest BCUT2D eigenvalue weighted by Gasteiger charge is -2.17. The Labute approximate surface area is 139 Å². The van der Waals surface area contributed by atoms with Crippen molar-refractivity contribution in [3.05, 3.63) is 53.6 Å². The first-order chi connectivity index (χ1) is 10.6. The van der Waals surface area contributed by atoms with Crippen molar-refractivity contribution < 1.29 is 4.79 Å². The smallest absolute Gasteiger partial charge is 0.254 e. The molecule has 116 valence electrons. The molecule has 1 saturated heterocycles. The molecule has 0 saturated carbocycles. The van der Waals surface area contributed by atoms with Crippen molar-refractivity contribution in [2.24, 2.45) is 7.05 Å². The summed E-state index contributed by atoms with van der Waals surface area (Å²) in [5.41, 5.74) is 2.03. The highest BCUT2D eigenvalue weighted by Crippen LogP contribution is 2.45. The summed E-state index contributed by atoms with van der Waals surface area (Å²) in [6.45, 7) is 0.512. The molecule has 0 aliphatic carbocycles. The predicted octanol–water partition coefficient (Wildman–Crippen LogP) is 3.17. The fraction of sp³-hybridized carbons (Fsp3) is 0.375. The number of carbonyl (C=O) groups is 1. The number of amides is 1. The van der Waals surface area contributed by atoms with E-state index < -0.39 is 0 Å². The van der Waals surface area contributed by atoms with E-state index in [2.05, 4.69) is 17.1 Å². The molecule has 1 aromatic heterocycles. The van der Waals surface area contributed by atoms with Crippen molar-refractivity contribution in [2.45, 2.75) is 11.1 Å². The van der Waals surface area contributed by atoms with Crippen LogP contribution in [0.25, 0.3) is 0 Å². The second-order valence-electron chi connectivity index (χ2n) is 5.31. The van der Waals surface area contributed by atoms with Crippen LogP contribution in [0.5, 0.6) is 0 Å². The lowest BCUT2D eigenvalue weighted by atomic mass is 10.1. The van der Waals surface area contributed by atoms with E-state index in [0.717, 1.165) is 11.4 Å². The van der Waals surface area contributed by atoms with Gasteiger partial charge in [-0.2, -0.15) is 0 Å². The maximum absolute atomic E-state index is 12.5. The van der Waals surface area contributed by atoms with Gasteiger partial charge in [-0.05, 0) is 17.7 Å². The fourth-order valence-corrected chi connectivity index (χ4v) is 5.25. The zero-order valence-electron chi connectivity index (χ0n) is 12.7. The standard InChI is InChI=1S/C16H19N3OS2/c1-18-8-7-17-14(18)11-19(2)15(20)12-3-5-13(6-4-12)16-21-9-10-22-16/h3-8,16H,9-11H2,1-2H3. The minimum Gasteiger partial charge on any atom is -0.337 e. The van der Waals surface area contributed by atoms with E-state index in [1.807, 2.05) is 60.5 Å². The molecule has 2 aromatic rings. The summed E-state index contributed by atoms with van der Waals surface area (Å²) in [4.78, 5) is 18.5. The van der Waals surface area contributed by atoms with E-state index in [9.17, 15) is 4.79 Å². The summed E-state index contributed by atoms with van der Waals surface area (Å²) in [5, 5.41) is 0. The lowest BCUT2D eigenvalue weighted by molar-refractivity contribution is 0.0780. The lowest BCUT2D eigenvalue weighted by Crippen LogP contribution is -2.27. The van der Waals surface area contributed by atoms with E-state index in [4.69, 9.17) is 0 Å². The quantitative estimate of drug-likeness (QED) is 0.861. The molecular weight excluding hydrogens is 314 g/mol. The van der Waals surface area contributed by atoms with E-state index in [1.54, 1.807) is 11.1 Å². The van der Waals surface area contributed by atoms with Crippen molar-refractivity contribution in [3.8, 4) is 0 Å². The van der Waals surface area contributed by atoms with Crippen molar-refractivity contribution >= 4 is 29.4 Å². The molecule has 1 amide bonds. The number of hydrogen-bond acceptors (Lipinski definition) is 4. The summed E-state index contributed by atoms with van der Waals surface area (Å²) < 4.78 is 2.45. The van der Waals surface area contributed by atoms with Crippen LogP contribution in [-0.2, 0) is 13.6 Å². The van der Waals surface area contributed by atoms with Crippen molar-refractivity contribution in [2.75, 3.05) is 18.6 Å². The predicted molar refractivity (Wildman–Crippen MR) is 93.1 cm³/mol. The molecule has 6 heteroatoms. The third kappa shape index (κ3) is 3.33. The SMILES string of the molecule is CN(Cc1nccn1C)C(=O)c1ccc(C2SCCS2)cc1. The van der Waals surface area contributed by atoms with Gasteiger partial charge in [0.1, 0.15) is 5.82 Å². The highest BCUT2D eigenvalue weighted by atomic mass is 32.2. The molecule has 0 spiro atoms. The molecule has 1 aliphatic heterocycles. The first-order valence-corrected chi connectivity index (χ1v) is 9.30. The maximum atomic E-state index is 12.5. The fourth-order valence-electron chi connectivity index (χ4n) is 2.39. The minimum absolute atomic E-state index is 0.0290. The molecule has 3 rings (SSSR count). The molecule has 1 aliphatic rings.